The van der Waals surface area contributed by atoms with Gasteiger partial charge in [0.2, 0.25) is 17.7 Å². The van der Waals surface area contributed by atoms with Gasteiger partial charge in [-0.3, -0.25) is 14.4 Å². The van der Waals surface area contributed by atoms with Crippen LogP contribution in [0.2, 0.25) is 0 Å². The molecule has 3 heterocycles. The SMILES string of the molecule is CCCCCNC(=O)C1N(CCCCCCO)C(=O)[C@@H]2[C@@H](C(=O)NC)[C@@]3(C)CCC12O3. The van der Waals surface area contributed by atoms with Crippen LogP contribution in [-0.4, -0.2) is 71.7 Å². The molecule has 3 N–H and O–H groups in total. The largest absolute Gasteiger partial charge is 0.396 e. The van der Waals surface area contributed by atoms with Crippen molar-refractivity contribution in [1.29, 1.82) is 0 Å². The number of ether oxygens (including phenoxy) is 1. The zero-order valence-corrected chi connectivity index (χ0v) is 19.2. The normalized spacial score (nSPS) is 33.6. The standard InChI is InChI=1S/C23H39N3O5/c1-4-5-8-13-25-20(29)18-23-12-11-22(2,31-23)16(19(28)24-3)17(23)21(30)26(18)14-9-6-7-10-15-27/h16-18,27H,4-15H2,1-3H3,(H,24,28)(H,25,29)/t16-,17-,18?,22+,23?/m0/s1. The van der Waals surface area contributed by atoms with Gasteiger partial charge < -0.3 is 25.4 Å². The molecule has 3 aliphatic rings. The van der Waals surface area contributed by atoms with Gasteiger partial charge in [0.25, 0.3) is 0 Å². The van der Waals surface area contributed by atoms with E-state index in [2.05, 4.69) is 17.6 Å². The fourth-order valence-electron chi connectivity index (χ4n) is 5.95. The predicted molar refractivity (Wildman–Crippen MR) is 116 cm³/mol. The number of hydrogen-bond acceptors (Lipinski definition) is 5. The van der Waals surface area contributed by atoms with E-state index in [0.717, 1.165) is 44.9 Å². The van der Waals surface area contributed by atoms with Crippen molar-refractivity contribution < 1.29 is 24.2 Å². The summed E-state index contributed by atoms with van der Waals surface area (Å²) in [6.07, 6.45) is 7.55. The first kappa shape index (κ1) is 24.0. The summed E-state index contributed by atoms with van der Waals surface area (Å²) in [4.78, 5) is 41.4. The first-order valence-corrected chi connectivity index (χ1v) is 12.0. The lowest BCUT2D eigenvalue weighted by Gasteiger charge is -2.33. The number of amides is 3. The smallest absolute Gasteiger partial charge is 0.245 e. The van der Waals surface area contributed by atoms with E-state index in [1.807, 2.05) is 6.92 Å². The van der Waals surface area contributed by atoms with Crippen molar-refractivity contribution >= 4 is 17.7 Å². The first-order valence-electron chi connectivity index (χ1n) is 12.0. The van der Waals surface area contributed by atoms with Crippen LogP contribution in [0, 0.1) is 11.8 Å². The molecule has 0 aromatic carbocycles. The third-order valence-electron chi connectivity index (χ3n) is 7.44. The Hall–Kier alpha value is -1.67. The summed E-state index contributed by atoms with van der Waals surface area (Å²) >= 11 is 0. The minimum Gasteiger partial charge on any atom is -0.396 e. The summed E-state index contributed by atoms with van der Waals surface area (Å²) in [6, 6.07) is -0.694. The van der Waals surface area contributed by atoms with Gasteiger partial charge in [0.1, 0.15) is 11.6 Å². The summed E-state index contributed by atoms with van der Waals surface area (Å²) in [7, 11) is 1.58. The van der Waals surface area contributed by atoms with Gasteiger partial charge in [-0.05, 0) is 39.0 Å². The first-order chi connectivity index (χ1) is 14.9. The van der Waals surface area contributed by atoms with Crippen molar-refractivity contribution in [2.75, 3.05) is 26.7 Å². The topological polar surface area (TPSA) is 108 Å². The molecule has 176 valence electrons. The molecule has 0 aromatic rings. The number of aliphatic hydroxyl groups excluding tert-OH is 1. The average Bonchev–Trinajstić information content (AvgIpc) is 3.31. The van der Waals surface area contributed by atoms with Gasteiger partial charge >= 0.3 is 0 Å². The molecule has 31 heavy (non-hydrogen) atoms. The van der Waals surface area contributed by atoms with Gasteiger partial charge in [0.05, 0.1) is 17.4 Å². The van der Waals surface area contributed by atoms with Crippen molar-refractivity contribution in [2.45, 2.75) is 88.9 Å². The second-order valence-electron chi connectivity index (χ2n) is 9.51. The summed E-state index contributed by atoms with van der Waals surface area (Å²) in [6.45, 7) is 5.23. The second kappa shape index (κ2) is 9.86. The van der Waals surface area contributed by atoms with Crippen molar-refractivity contribution in [3.05, 3.63) is 0 Å². The zero-order chi connectivity index (χ0) is 22.6. The van der Waals surface area contributed by atoms with E-state index in [-0.39, 0.29) is 24.3 Å². The van der Waals surface area contributed by atoms with Crippen molar-refractivity contribution in [3.63, 3.8) is 0 Å². The number of carbonyl (C=O) groups excluding carboxylic acids is 3. The lowest BCUT2D eigenvalue weighted by Crippen LogP contribution is -2.55. The number of hydrogen-bond donors (Lipinski definition) is 3. The van der Waals surface area contributed by atoms with Crippen molar-refractivity contribution in [3.8, 4) is 0 Å². The van der Waals surface area contributed by atoms with Crippen molar-refractivity contribution in [1.82, 2.24) is 15.5 Å². The summed E-state index contributed by atoms with van der Waals surface area (Å²) < 4.78 is 6.50. The zero-order valence-electron chi connectivity index (χ0n) is 19.2. The minimum atomic E-state index is -0.928. The second-order valence-corrected chi connectivity index (χ2v) is 9.51. The number of likely N-dealkylation sites (tertiary alicyclic amines) is 1. The molecule has 2 bridgehead atoms. The van der Waals surface area contributed by atoms with Crippen LogP contribution in [0.4, 0.5) is 0 Å². The minimum absolute atomic E-state index is 0.132. The van der Waals surface area contributed by atoms with Crippen LogP contribution in [-0.2, 0) is 19.1 Å². The number of carbonyl (C=O) groups is 3. The highest BCUT2D eigenvalue weighted by Gasteiger charge is 2.77. The fourth-order valence-corrected chi connectivity index (χ4v) is 5.95. The number of fused-ring (bicyclic) bond motifs is 1. The Bertz CT molecular complexity index is 686. The molecule has 1 spiro atoms. The van der Waals surface area contributed by atoms with E-state index >= 15 is 0 Å². The number of aliphatic hydroxyl groups is 1. The number of nitrogens with zero attached hydrogens (tertiary/aromatic N) is 1. The maximum atomic E-state index is 13.6. The average molecular weight is 438 g/mol. The molecule has 3 rings (SSSR count). The summed E-state index contributed by atoms with van der Waals surface area (Å²) in [5.41, 5.74) is -1.64. The van der Waals surface area contributed by atoms with Gasteiger partial charge in [-0.2, -0.15) is 0 Å². The number of unbranched alkanes of at least 4 members (excludes halogenated alkanes) is 5. The van der Waals surface area contributed by atoms with Gasteiger partial charge in [-0.15, -0.1) is 0 Å². The Morgan fingerprint density at radius 1 is 1.13 bits per heavy atom. The Morgan fingerprint density at radius 3 is 2.55 bits per heavy atom. The molecule has 0 radical (unpaired) electrons. The van der Waals surface area contributed by atoms with Gasteiger partial charge in [0, 0.05) is 26.7 Å². The van der Waals surface area contributed by atoms with Crippen LogP contribution in [0.15, 0.2) is 0 Å². The molecular weight excluding hydrogens is 398 g/mol. The summed E-state index contributed by atoms with van der Waals surface area (Å²) in [5.74, 6) is -1.67. The number of rotatable bonds is 12. The van der Waals surface area contributed by atoms with Gasteiger partial charge in [0.15, 0.2) is 0 Å². The van der Waals surface area contributed by atoms with E-state index < -0.39 is 29.1 Å². The molecule has 2 unspecified atom stereocenters. The van der Waals surface area contributed by atoms with Crippen LogP contribution in [0.3, 0.4) is 0 Å². The molecule has 8 nitrogen and oxygen atoms in total. The Kier molecular flexibility index (Phi) is 7.63. The molecule has 3 saturated heterocycles. The quantitative estimate of drug-likeness (QED) is 0.400. The Labute approximate surface area is 185 Å². The van der Waals surface area contributed by atoms with Crippen LogP contribution in [0.5, 0.6) is 0 Å². The molecule has 0 saturated carbocycles. The van der Waals surface area contributed by atoms with E-state index in [4.69, 9.17) is 9.84 Å². The molecule has 0 aliphatic carbocycles. The third-order valence-corrected chi connectivity index (χ3v) is 7.44. The maximum absolute atomic E-state index is 13.6. The van der Waals surface area contributed by atoms with Gasteiger partial charge in [-0.1, -0.05) is 32.6 Å². The van der Waals surface area contributed by atoms with Crippen LogP contribution < -0.4 is 10.6 Å². The summed E-state index contributed by atoms with van der Waals surface area (Å²) in [5, 5.41) is 14.7. The Morgan fingerprint density at radius 2 is 1.87 bits per heavy atom. The van der Waals surface area contributed by atoms with Crippen LogP contribution >= 0.6 is 0 Å². The Balaban J connectivity index is 1.83. The lowest BCUT2D eigenvalue weighted by molar-refractivity contribution is -0.146. The van der Waals surface area contributed by atoms with E-state index in [0.29, 0.717) is 25.9 Å². The maximum Gasteiger partial charge on any atom is 0.245 e. The van der Waals surface area contributed by atoms with Crippen molar-refractivity contribution in [2.24, 2.45) is 11.8 Å². The van der Waals surface area contributed by atoms with Gasteiger partial charge in [-0.25, -0.2) is 0 Å². The molecule has 0 aromatic heterocycles. The third kappa shape index (κ3) is 4.21. The molecule has 3 aliphatic heterocycles. The molecule has 3 amide bonds. The molecule has 8 heteroatoms. The molecule has 5 atom stereocenters. The van der Waals surface area contributed by atoms with Crippen LogP contribution in [0.1, 0.15) is 71.6 Å². The highest BCUT2D eigenvalue weighted by molar-refractivity contribution is 5.99. The monoisotopic (exact) mass is 437 g/mol. The fraction of sp³-hybridized carbons (Fsp3) is 0.870. The highest BCUT2D eigenvalue weighted by Crippen LogP contribution is 2.63. The highest BCUT2D eigenvalue weighted by atomic mass is 16.5. The lowest BCUT2D eigenvalue weighted by atomic mass is 9.66. The van der Waals surface area contributed by atoms with E-state index in [1.165, 1.54) is 0 Å². The van der Waals surface area contributed by atoms with E-state index in [9.17, 15) is 14.4 Å². The number of nitrogens with one attached hydrogen (secondary N) is 2. The predicted octanol–water partition coefficient (Wildman–Crippen LogP) is 1.36. The molecular formula is C23H39N3O5. The molecule has 3 fully saturated rings. The van der Waals surface area contributed by atoms with Crippen LogP contribution in [0.25, 0.3) is 0 Å². The van der Waals surface area contributed by atoms with E-state index in [1.54, 1.807) is 11.9 Å².